The Kier molecular flexibility index (Phi) is 7.57. The van der Waals surface area contributed by atoms with Crippen LogP contribution in [0.4, 0.5) is 4.39 Å². The Balaban J connectivity index is 0.00000243. The van der Waals surface area contributed by atoms with E-state index < -0.39 is 6.10 Å². The Morgan fingerprint density at radius 1 is 1.27 bits per heavy atom. The third kappa shape index (κ3) is 5.04. The fourth-order valence-electron chi connectivity index (χ4n) is 3.08. The maximum Gasteiger partial charge on any atom is 0.252 e. The predicted octanol–water partition coefficient (Wildman–Crippen LogP) is 3.33. The highest BCUT2D eigenvalue weighted by Gasteiger charge is 2.31. The van der Waals surface area contributed by atoms with Crippen LogP contribution in [0.5, 0.6) is 0 Å². The van der Waals surface area contributed by atoms with Crippen LogP contribution in [0.1, 0.15) is 24.1 Å². The predicted molar refractivity (Wildman–Crippen MR) is 102 cm³/mol. The summed E-state index contributed by atoms with van der Waals surface area (Å²) in [6.07, 6.45) is -0.547. The van der Waals surface area contributed by atoms with Crippen LogP contribution < -0.4 is 5.32 Å². The molecule has 2 unspecified atom stereocenters. The molecule has 1 fully saturated rings. The van der Waals surface area contributed by atoms with Crippen LogP contribution in [-0.2, 0) is 16.1 Å². The van der Waals surface area contributed by atoms with E-state index in [0.717, 1.165) is 17.7 Å². The van der Waals surface area contributed by atoms with Crippen molar-refractivity contribution in [3.05, 3.63) is 71.5 Å². The number of carbonyl (C=O) groups is 1. The molecule has 0 saturated carbocycles. The summed E-state index contributed by atoms with van der Waals surface area (Å²) < 4.78 is 19.3. The van der Waals surface area contributed by atoms with Gasteiger partial charge in [0.1, 0.15) is 11.9 Å². The van der Waals surface area contributed by atoms with Crippen LogP contribution in [0, 0.1) is 5.82 Å². The van der Waals surface area contributed by atoms with Crippen molar-refractivity contribution in [2.75, 3.05) is 19.6 Å². The number of ether oxygens (including phenoxy) is 1. The molecule has 0 aromatic heterocycles. The molecule has 26 heavy (non-hydrogen) atoms. The van der Waals surface area contributed by atoms with E-state index in [2.05, 4.69) is 5.32 Å². The molecule has 1 heterocycles. The number of halogens is 2. The lowest BCUT2D eigenvalue weighted by molar-refractivity contribution is -0.147. The lowest BCUT2D eigenvalue weighted by atomic mass is 10.0. The van der Waals surface area contributed by atoms with Gasteiger partial charge < -0.3 is 15.0 Å². The number of piperazine rings is 1. The van der Waals surface area contributed by atoms with Gasteiger partial charge in [0.25, 0.3) is 5.91 Å². The van der Waals surface area contributed by atoms with Crippen molar-refractivity contribution in [3.63, 3.8) is 0 Å². The minimum absolute atomic E-state index is 0. The summed E-state index contributed by atoms with van der Waals surface area (Å²) in [6, 6.07) is 16.0. The second kappa shape index (κ2) is 9.67. The summed E-state index contributed by atoms with van der Waals surface area (Å²) in [4.78, 5) is 14.7. The van der Waals surface area contributed by atoms with Gasteiger partial charge in [-0.15, -0.1) is 12.4 Å². The summed E-state index contributed by atoms with van der Waals surface area (Å²) in [5.41, 5.74) is 1.83. The second-order valence-electron chi connectivity index (χ2n) is 6.25. The van der Waals surface area contributed by atoms with Gasteiger partial charge in [0.05, 0.1) is 12.6 Å². The van der Waals surface area contributed by atoms with E-state index in [4.69, 9.17) is 4.74 Å². The van der Waals surface area contributed by atoms with Gasteiger partial charge in [0.2, 0.25) is 0 Å². The molecule has 1 amide bonds. The molecule has 2 aromatic rings. The smallest absolute Gasteiger partial charge is 0.252 e. The minimum Gasteiger partial charge on any atom is -0.364 e. The molecule has 1 aliphatic heterocycles. The quantitative estimate of drug-likeness (QED) is 0.867. The van der Waals surface area contributed by atoms with Crippen molar-refractivity contribution in [2.45, 2.75) is 25.7 Å². The molecule has 0 spiro atoms. The summed E-state index contributed by atoms with van der Waals surface area (Å²) in [7, 11) is 0. The molecule has 140 valence electrons. The van der Waals surface area contributed by atoms with E-state index in [0.29, 0.717) is 19.7 Å². The van der Waals surface area contributed by atoms with Crippen LogP contribution >= 0.6 is 12.4 Å². The Hall–Kier alpha value is -1.95. The number of nitrogens with zero attached hydrogens (tertiary/aromatic N) is 1. The SMILES string of the molecule is CC(OCc1ccccc1)C(=O)N1CCNCC1c1cccc(F)c1.Cl. The summed E-state index contributed by atoms with van der Waals surface area (Å²) in [6.45, 7) is 4.09. The largest absolute Gasteiger partial charge is 0.364 e. The van der Waals surface area contributed by atoms with E-state index >= 15 is 0 Å². The first-order valence-electron chi connectivity index (χ1n) is 8.57. The molecule has 2 atom stereocenters. The molecule has 2 aromatic carbocycles. The maximum atomic E-state index is 13.6. The Morgan fingerprint density at radius 3 is 2.77 bits per heavy atom. The molecule has 1 aliphatic rings. The lowest BCUT2D eigenvalue weighted by Gasteiger charge is -2.38. The third-order valence-electron chi connectivity index (χ3n) is 4.45. The topological polar surface area (TPSA) is 41.6 Å². The molecule has 1 N–H and O–H groups in total. The second-order valence-corrected chi connectivity index (χ2v) is 6.25. The molecule has 4 nitrogen and oxygen atoms in total. The Bertz CT molecular complexity index is 714. The van der Waals surface area contributed by atoms with Gasteiger partial charge in [-0.1, -0.05) is 42.5 Å². The molecule has 0 bridgehead atoms. The fraction of sp³-hybridized carbons (Fsp3) is 0.350. The monoisotopic (exact) mass is 378 g/mol. The van der Waals surface area contributed by atoms with Crippen molar-refractivity contribution in [2.24, 2.45) is 0 Å². The first-order chi connectivity index (χ1) is 12.1. The zero-order chi connectivity index (χ0) is 17.6. The zero-order valence-electron chi connectivity index (χ0n) is 14.7. The Morgan fingerprint density at radius 2 is 2.04 bits per heavy atom. The third-order valence-corrected chi connectivity index (χ3v) is 4.45. The first kappa shape index (κ1) is 20.4. The number of carbonyl (C=O) groups excluding carboxylic acids is 1. The van der Waals surface area contributed by atoms with Gasteiger partial charge >= 0.3 is 0 Å². The van der Waals surface area contributed by atoms with Crippen LogP contribution in [0.25, 0.3) is 0 Å². The number of hydrogen-bond acceptors (Lipinski definition) is 3. The zero-order valence-corrected chi connectivity index (χ0v) is 15.5. The fourth-order valence-corrected chi connectivity index (χ4v) is 3.08. The summed E-state index contributed by atoms with van der Waals surface area (Å²) >= 11 is 0. The van der Waals surface area contributed by atoms with Gasteiger partial charge in [0.15, 0.2) is 0 Å². The van der Waals surface area contributed by atoms with Crippen LogP contribution in [0.3, 0.4) is 0 Å². The van der Waals surface area contributed by atoms with E-state index in [1.807, 2.05) is 36.4 Å². The maximum absolute atomic E-state index is 13.6. The van der Waals surface area contributed by atoms with Crippen molar-refractivity contribution >= 4 is 18.3 Å². The average molecular weight is 379 g/mol. The molecule has 0 aliphatic carbocycles. The number of amides is 1. The molecular formula is C20H24ClFN2O2. The van der Waals surface area contributed by atoms with E-state index in [1.54, 1.807) is 17.9 Å². The molecular weight excluding hydrogens is 355 g/mol. The van der Waals surface area contributed by atoms with Crippen molar-refractivity contribution in [1.29, 1.82) is 0 Å². The van der Waals surface area contributed by atoms with Gasteiger partial charge in [-0.05, 0) is 30.2 Å². The normalized spacial score (nSPS) is 18.1. The molecule has 6 heteroatoms. The molecule has 1 saturated heterocycles. The standard InChI is InChI=1S/C20H23FN2O2.ClH/c1-15(25-14-16-6-3-2-4-7-16)20(24)23-11-10-22-13-19(23)17-8-5-9-18(21)12-17;/h2-9,12,15,19,22H,10-11,13-14H2,1H3;1H. The van der Waals surface area contributed by atoms with Crippen molar-refractivity contribution < 1.29 is 13.9 Å². The Labute approximate surface area is 159 Å². The minimum atomic E-state index is -0.547. The highest BCUT2D eigenvalue weighted by molar-refractivity contribution is 5.85. The van der Waals surface area contributed by atoms with E-state index in [9.17, 15) is 9.18 Å². The van der Waals surface area contributed by atoms with Crippen molar-refractivity contribution in [1.82, 2.24) is 10.2 Å². The molecule has 3 rings (SSSR count). The summed E-state index contributed by atoms with van der Waals surface area (Å²) in [5.74, 6) is -0.351. The number of nitrogens with one attached hydrogen (secondary N) is 1. The van der Waals surface area contributed by atoms with E-state index in [-0.39, 0.29) is 30.2 Å². The van der Waals surface area contributed by atoms with Crippen LogP contribution in [-0.4, -0.2) is 36.5 Å². The number of rotatable bonds is 5. The van der Waals surface area contributed by atoms with Gasteiger partial charge in [-0.2, -0.15) is 0 Å². The lowest BCUT2D eigenvalue weighted by Crippen LogP contribution is -2.51. The van der Waals surface area contributed by atoms with Crippen molar-refractivity contribution in [3.8, 4) is 0 Å². The summed E-state index contributed by atoms with van der Waals surface area (Å²) in [5, 5.41) is 3.28. The molecule has 0 radical (unpaired) electrons. The van der Waals surface area contributed by atoms with E-state index in [1.165, 1.54) is 12.1 Å². The number of hydrogen-bond donors (Lipinski definition) is 1. The highest BCUT2D eigenvalue weighted by Crippen LogP contribution is 2.24. The van der Waals surface area contributed by atoms with Crippen LogP contribution in [0.15, 0.2) is 54.6 Å². The van der Waals surface area contributed by atoms with Gasteiger partial charge in [-0.25, -0.2) is 4.39 Å². The van der Waals surface area contributed by atoms with Gasteiger partial charge in [0, 0.05) is 19.6 Å². The first-order valence-corrected chi connectivity index (χ1v) is 8.57. The highest BCUT2D eigenvalue weighted by atomic mass is 35.5. The van der Waals surface area contributed by atoms with Gasteiger partial charge in [-0.3, -0.25) is 4.79 Å². The van der Waals surface area contributed by atoms with Crippen LogP contribution in [0.2, 0.25) is 0 Å². The average Bonchev–Trinajstić information content (AvgIpc) is 2.66. The number of benzene rings is 2.